The predicted molar refractivity (Wildman–Crippen MR) is 101 cm³/mol. The highest BCUT2D eigenvalue weighted by Crippen LogP contribution is 2.27. The normalized spacial score (nSPS) is 17.4. The van der Waals surface area contributed by atoms with Gasteiger partial charge in [-0.2, -0.15) is 0 Å². The number of amides is 2. The van der Waals surface area contributed by atoms with Crippen LogP contribution in [-0.2, 0) is 4.79 Å². The van der Waals surface area contributed by atoms with Crippen LogP contribution in [0.25, 0.3) is 10.8 Å². The van der Waals surface area contributed by atoms with Crippen LogP contribution < -0.4 is 10.9 Å². The van der Waals surface area contributed by atoms with Crippen LogP contribution >= 0.6 is 11.6 Å². The van der Waals surface area contributed by atoms with E-state index in [4.69, 9.17) is 11.6 Å². The lowest BCUT2D eigenvalue weighted by Gasteiger charge is -2.28. The smallest absolute Gasteiger partial charge is 0.318 e. The number of aromatic nitrogens is 1. The fraction of sp³-hybridized carbons (Fsp3) is 0.211. The topological polar surface area (TPSA) is 82.3 Å². The minimum Gasteiger partial charge on any atom is -0.328 e. The molecule has 0 fully saturated rings. The van der Waals surface area contributed by atoms with E-state index in [-0.39, 0.29) is 21.6 Å². The quantitative estimate of drug-likeness (QED) is 0.820. The summed E-state index contributed by atoms with van der Waals surface area (Å²) < 4.78 is 27.2. The lowest BCUT2D eigenvalue weighted by Crippen LogP contribution is -2.43. The summed E-state index contributed by atoms with van der Waals surface area (Å²) in [5.41, 5.74) is -0.122. The van der Waals surface area contributed by atoms with Crippen LogP contribution in [0.5, 0.6) is 0 Å². The molecule has 1 heterocycles. The molecule has 2 N–H and O–H groups in total. The first-order valence-electron chi connectivity index (χ1n) is 8.32. The summed E-state index contributed by atoms with van der Waals surface area (Å²) in [6.07, 6.45) is 5.54. The van der Waals surface area contributed by atoms with E-state index in [1.807, 2.05) is 0 Å². The second-order valence-corrected chi connectivity index (χ2v) is 6.79. The number of halogens is 3. The number of hydrogen-bond donors (Lipinski definition) is 2. The molecule has 0 aliphatic heterocycles. The number of allylic oxidation sites excluding steroid dienone is 2. The van der Waals surface area contributed by atoms with Crippen molar-refractivity contribution in [2.24, 2.45) is 0 Å². The molecule has 28 heavy (non-hydrogen) atoms. The average molecular weight is 408 g/mol. The van der Waals surface area contributed by atoms with Crippen LogP contribution in [0.15, 0.2) is 46.4 Å². The lowest BCUT2D eigenvalue weighted by molar-refractivity contribution is -0.110. The molecule has 0 saturated carbocycles. The SMILES string of the molecule is CC(c1c[nH]c(=O)c2cc(F)c(F)cc12)N(C)C(=O)NC1C=CC(=O)C(Cl)=C1. The predicted octanol–water partition coefficient (Wildman–Crippen LogP) is 3.14. The Labute approximate surface area is 163 Å². The molecule has 2 amide bonds. The number of urea groups is 1. The number of nitrogens with zero attached hydrogens (tertiary/aromatic N) is 1. The summed E-state index contributed by atoms with van der Waals surface area (Å²) in [6.45, 7) is 1.68. The van der Waals surface area contributed by atoms with Gasteiger partial charge in [0.2, 0.25) is 0 Å². The van der Waals surface area contributed by atoms with Gasteiger partial charge in [0.15, 0.2) is 17.4 Å². The van der Waals surface area contributed by atoms with Crippen LogP contribution in [0.1, 0.15) is 18.5 Å². The Hall–Kier alpha value is -3.00. The van der Waals surface area contributed by atoms with E-state index in [0.29, 0.717) is 5.56 Å². The first-order chi connectivity index (χ1) is 13.2. The summed E-state index contributed by atoms with van der Waals surface area (Å²) in [4.78, 5) is 39.7. The first kappa shape index (κ1) is 19.8. The molecule has 3 rings (SSSR count). The molecule has 1 aromatic heterocycles. The number of rotatable bonds is 3. The summed E-state index contributed by atoms with van der Waals surface area (Å²) in [6, 6.07) is 0.134. The summed E-state index contributed by atoms with van der Waals surface area (Å²) in [7, 11) is 1.51. The van der Waals surface area contributed by atoms with E-state index < -0.39 is 35.3 Å². The van der Waals surface area contributed by atoms with E-state index in [1.165, 1.54) is 36.4 Å². The van der Waals surface area contributed by atoms with E-state index in [1.54, 1.807) is 6.92 Å². The van der Waals surface area contributed by atoms with Crippen molar-refractivity contribution >= 4 is 34.2 Å². The molecule has 1 aromatic carbocycles. The number of fused-ring (bicyclic) bond motifs is 1. The molecule has 2 unspecified atom stereocenters. The van der Waals surface area contributed by atoms with Crippen LogP contribution in [-0.4, -0.2) is 34.8 Å². The van der Waals surface area contributed by atoms with Gasteiger partial charge in [0.05, 0.1) is 22.5 Å². The average Bonchev–Trinajstić information content (AvgIpc) is 2.65. The van der Waals surface area contributed by atoms with Crippen molar-refractivity contribution in [3.8, 4) is 0 Å². The van der Waals surface area contributed by atoms with Gasteiger partial charge < -0.3 is 15.2 Å². The Bertz CT molecular complexity index is 1090. The second kappa shape index (κ2) is 7.55. The molecule has 0 spiro atoms. The van der Waals surface area contributed by atoms with Gasteiger partial charge in [0, 0.05) is 13.2 Å². The maximum atomic E-state index is 13.7. The van der Waals surface area contributed by atoms with Gasteiger partial charge >= 0.3 is 6.03 Å². The van der Waals surface area contributed by atoms with Crippen molar-refractivity contribution in [2.75, 3.05) is 7.05 Å². The highest BCUT2D eigenvalue weighted by molar-refractivity contribution is 6.44. The Morgan fingerprint density at radius 1 is 1.25 bits per heavy atom. The van der Waals surface area contributed by atoms with Crippen molar-refractivity contribution in [1.29, 1.82) is 0 Å². The van der Waals surface area contributed by atoms with Gasteiger partial charge in [-0.3, -0.25) is 9.59 Å². The number of pyridine rings is 1. The number of carbonyl (C=O) groups is 2. The van der Waals surface area contributed by atoms with Crippen molar-refractivity contribution in [3.05, 3.63) is 69.1 Å². The third kappa shape index (κ3) is 3.68. The van der Waals surface area contributed by atoms with Gasteiger partial charge in [-0.1, -0.05) is 17.7 Å². The monoisotopic (exact) mass is 407 g/mol. The zero-order valence-corrected chi connectivity index (χ0v) is 15.7. The van der Waals surface area contributed by atoms with Gasteiger partial charge in [-0.15, -0.1) is 0 Å². The zero-order valence-electron chi connectivity index (χ0n) is 14.9. The van der Waals surface area contributed by atoms with Gasteiger partial charge in [0.1, 0.15) is 0 Å². The van der Waals surface area contributed by atoms with E-state index in [0.717, 1.165) is 12.1 Å². The Morgan fingerprint density at radius 2 is 1.89 bits per heavy atom. The molecule has 9 heteroatoms. The van der Waals surface area contributed by atoms with Gasteiger partial charge in [-0.05, 0) is 42.2 Å². The summed E-state index contributed by atoms with van der Waals surface area (Å²) >= 11 is 5.79. The molecule has 1 aliphatic rings. The van der Waals surface area contributed by atoms with E-state index in [2.05, 4.69) is 10.3 Å². The van der Waals surface area contributed by atoms with Crippen molar-refractivity contribution < 1.29 is 18.4 Å². The lowest BCUT2D eigenvalue weighted by atomic mass is 10.0. The van der Waals surface area contributed by atoms with E-state index >= 15 is 0 Å². The third-order valence-electron chi connectivity index (χ3n) is 4.63. The zero-order chi connectivity index (χ0) is 20.6. The Balaban J connectivity index is 1.88. The van der Waals surface area contributed by atoms with Crippen LogP contribution in [0.3, 0.4) is 0 Å². The van der Waals surface area contributed by atoms with Crippen molar-refractivity contribution in [3.63, 3.8) is 0 Å². The number of aromatic amines is 1. The Morgan fingerprint density at radius 3 is 2.54 bits per heavy atom. The number of H-pyrrole nitrogens is 1. The molecular formula is C19H16ClF2N3O3. The highest BCUT2D eigenvalue weighted by Gasteiger charge is 2.23. The second-order valence-electron chi connectivity index (χ2n) is 6.39. The van der Waals surface area contributed by atoms with Crippen molar-refractivity contribution in [1.82, 2.24) is 15.2 Å². The molecule has 0 saturated heterocycles. The number of ketones is 1. The van der Waals surface area contributed by atoms with Crippen LogP contribution in [0, 0.1) is 11.6 Å². The largest absolute Gasteiger partial charge is 0.328 e. The minimum atomic E-state index is -1.13. The highest BCUT2D eigenvalue weighted by atomic mass is 35.5. The molecule has 146 valence electrons. The number of benzene rings is 1. The van der Waals surface area contributed by atoms with Gasteiger partial charge in [0.25, 0.3) is 5.56 Å². The van der Waals surface area contributed by atoms with Crippen LogP contribution in [0.4, 0.5) is 13.6 Å². The molecule has 2 aromatic rings. The number of carbonyl (C=O) groups excluding carboxylic acids is 2. The molecule has 0 bridgehead atoms. The standard InChI is InChI=1S/C19H16ClF2N3O3/c1-9(25(2)19(28)24-10-3-4-17(26)14(20)5-10)13-8-23-18(27)12-7-16(22)15(21)6-11(12)13/h3-10H,1-2H3,(H,23,27)(H,24,28). The van der Waals surface area contributed by atoms with Gasteiger partial charge in [-0.25, -0.2) is 13.6 Å². The maximum Gasteiger partial charge on any atom is 0.318 e. The minimum absolute atomic E-state index is 0.00707. The molecular weight excluding hydrogens is 392 g/mol. The third-order valence-corrected chi connectivity index (χ3v) is 4.94. The fourth-order valence-electron chi connectivity index (χ4n) is 2.90. The summed E-state index contributed by atoms with van der Waals surface area (Å²) in [5, 5.41) is 2.88. The van der Waals surface area contributed by atoms with Crippen molar-refractivity contribution in [2.45, 2.75) is 19.0 Å². The number of hydrogen-bond acceptors (Lipinski definition) is 3. The van der Waals surface area contributed by atoms with E-state index in [9.17, 15) is 23.2 Å². The first-order valence-corrected chi connectivity index (χ1v) is 8.70. The number of nitrogens with one attached hydrogen (secondary N) is 2. The molecule has 6 nitrogen and oxygen atoms in total. The Kier molecular flexibility index (Phi) is 5.33. The fourth-order valence-corrected chi connectivity index (χ4v) is 3.10. The maximum absolute atomic E-state index is 13.7. The molecule has 0 radical (unpaired) electrons. The molecule has 2 atom stereocenters. The molecule has 1 aliphatic carbocycles. The van der Waals surface area contributed by atoms with Crippen LogP contribution in [0.2, 0.25) is 0 Å². The summed E-state index contributed by atoms with van der Waals surface area (Å²) in [5.74, 6) is -2.56.